The number of para-hydroxylation sites is 1. The van der Waals surface area contributed by atoms with Gasteiger partial charge in [0.15, 0.2) is 11.5 Å². The van der Waals surface area contributed by atoms with E-state index in [4.69, 9.17) is 21.7 Å². The molecule has 0 bridgehead atoms. The van der Waals surface area contributed by atoms with E-state index < -0.39 is 0 Å². The van der Waals surface area contributed by atoms with Crippen LogP contribution >= 0.6 is 24.0 Å². The SMILES string of the molecule is CCCCOc1cccc(C=C2SC(=S)NC2=O)c1OCCCC. The number of amides is 1. The smallest absolute Gasteiger partial charge is 0.263 e. The van der Waals surface area contributed by atoms with E-state index in [1.165, 1.54) is 11.8 Å². The van der Waals surface area contributed by atoms with E-state index in [-0.39, 0.29) is 5.91 Å². The molecule has 2 rings (SSSR count). The van der Waals surface area contributed by atoms with E-state index in [1.54, 1.807) is 0 Å². The number of hydrogen-bond acceptors (Lipinski definition) is 5. The van der Waals surface area contributed by atoms with Gasteiger partial charge in [-0.05, 0) is 25.0 Å². The van der Waals surface area contributed by atoms with Crippen molar-refractivity contribution in [1.82, 2.24) is 5.32 Å². The summed E-state index contributed by atoms with van der Waals surface area (Å²) in [6, 6.07) is 5.75. The maximum Gasteiger partial charge on any atom is 0.263 e. The Morgan fingerprint density at radius 1 is 1.17 bits per heavy atom. The number of carbonyl (C=O) groups is 1. The van der Waals surface area contributed by atoms with E-state index in [0.29, 0.717) is 28.2 Å². The van der Waals surface area contributed by atoms with Gasteiger partial charge in [0.05, 0.1) is 18.1 Å². The number of rotatable bonds is 9. The van der Waals surface area contributed by atoms with Crippen molar-refractivity contribution in [2.45, 2.75) is 39.5 Å². The van der Waals surface area contributed by atoms with Gasteiger partial charge in [0.1, 0.15) is 4.32 Å². The number of thioether (sulfide) groups is 1. The summed E-state index contributed by atoms with van der Waals surface area (Å²) in [5, 5.41) is 2.63. The van der Waals surface area contributed by atoms with Crippen molar-refractivity contribution in [3.8, 4) is 11.5 Å². The van der Waals surface area contributed by atoms with Gasteiger partial charge in [-0.25, -0.2) is 0 Å². The van der Waals surface area contributed by atoms with E-state index in [2.05, 4.69) is 19.2 Å². The van der Waals surface area contributed by atoms with Gasteiger partial charge in [-0.2, -0.15) is 0 Å². The van der Waals surface area contributed by atoms with Crippen LogP contribution in [0.2, 0.25) is 0 Å². The maximum absolute atomic E-state index is 11.9. The quantitative estimate of drug-likeness (QED) is 0.396. The van der Waals surface area contributed by atoms with Crippen molar-refractivity contribution >= 4 is 40.3 Å². The van der Waals surface area contributed by atoms with Gasteiger partial charge in [-0.15, -0.1) is 0 Å². The number of ether oxygens (including phenoxy) is 2. The van der Waals surface area contributed by atoms with Gasteiger partial charge < -0.3 is 14.8 Å². The van der Waals surface area contributed by atoms with Gasteiger partial charge in [-0.3, -0.25) is 4.79 Å². The van der Waals surface area contributed by atoms with Crippen LogP contribution in [0.25, 0.3) is 6.08 Å². The highest BCUT2D eigenvalue weighted by molar-refractivity contribution is 8.26. The molecule has 1 N–H and O–H groups in total. The molecule has 1 aliphatic rings. The highest BCUT2D eigenvalue weighted by atomic mass is 32.2. The molecule has 0 radical (unpaired) electrons. The number of hydrogen-bond donors (Lipinski definition) is 1. The van der Waals surface area contributed by atoms with Gasteiger partial charge in [0.2, 0.25) is 0 Å². The lowest BCUT2D eigenvalue weighted by molar-refractivity contribution is -0.115. The first-order chi connectivity index (χ1) is 11.7. The molecular weight excluding hydrogens is 342 g/mol. The Balaban J connectivity index is 2.27. The Hall–Kier alpha value is -1.53. The summed E-state index contributed by atoms with van der Waals surface area (Å²) < 4.78 is 12.3. The fourth-order valence-corrected chi connectivity index (χ4v) is 3.16. The number of carbonyl (C=O) groups excluding carboxylic acids is 1. The van der Waals surface area contributed by atoms with E-state index in [0.717, 1.165) is 37.0 Å². The molecule has 6 heteroatoms. The average Bonchev–Trinajstić information content (AvgIpc) is 2.87. The molecule has 1 amide bonds. The molecule has 1 aromatic carbocycles. The predicted molar refractivity (Wildman–Crippen MR) is 104 cm³/mol. The first-order valence-corrected chi connectivity index (χ1v) is 9.51. The first-order valence-electron chi connectivity index (χ1n) is 8.29. The molecule has 1 aliphatic heterocycles. The zero-order valence-electron chi connectivity index (χ0n) is 14.1. The van der Waals surface area contributed by atoms with Crippen LogP contribution in [0.4, 0.5) is 0 Å². The van der Waals surface area contributed by atoms with Crippen molar-refractivity contribution in [2.75, 3.05) is 13.2 Å². The van der Waals surface area contributed by atoms with Crippen LogP contribution in [0.3, 0.4) is 0 Å². The van der Waals surface area contributed by atoms with Crippen LogP contribution in [0.1, 0.15) is 45.1 Å². The summed E-state index contributed by atoms with van der Waals surface area (Å²) >= 11 is 6.31. The second-order valence-corrected chi connectivity index (χ2v) is 7.15. The van der Waals surface area contributed by atoms with Crippen LogP contribution in [0.15, 0.2) is 23.1 Å². The Bertz CT molecular complexity index is 629. The van der Waals surface area contributed by atoms with E-state index >= 15 is 0 Å². The Labute approximate surface area is 153 Å². The summed E-state index contributed by atoms with van der Waals surface area (Å²) in [7, 11) is 0. The standard InChI is InChI=1S/C18H23NO3S2/c1-3-5-10-21-14-9-7-8-13(16(14)22-11-6-4-2)12-15-17(20)19-18(23)24-15/h7-9,12H,3-6,10-11H2,1-2H3,(H,19,20,23). The monoisotopic (exact) mass is 365 g/mol. The Kier molecular flexibility index (Phi) is 7.59. The topological polar surface area (TPSA) is 47.6 Å². The summed E-state index contributed by atoms with van der Waals surface area (Å²) in [6.07, 6.45) is 5.91. The van der Waals surface area contributed by atoms with Crippen molar-refractivity contribution in [2.24, 2.45) is 0 Å². The predicted octanol–water partition coefficient (Wildman–Crippen LogP) is 4.53. The van der Waals surface area contributed by atoms with E-state index in [9.17, 15) is 4.79 Å². The minimum Gasteiger partial charge on any atom is -0.490 e. The Morgan fingerprint density at radius 2 is 1.88 bits per heavy atom. The zero-order chi connectivity index (χ0) is 17.4. The van der Waals surface area contributed by atoms with Crippen LogP contribution in [-0.4, -0.2) is 23.4 Å². The molecule has 130 valence electrons. The number of benzene rings is 1. The molecule has 0 saturated carbocycles. The van der Waals surface area contributed by atoms with Gasteiger partial charge >= 0.3 is 0 Å². The van der Waals surface area contributed by atoms with Crippen LogP contribution in [0, 0.1) is 0 Å². The van der Waals surface area contributed by atoms with Crippen molar-refractivity contribution < 1.29 is 14.3 Å². The molecular formula is C18H23NO3S2. The van der Waals surface area contributed by atoms with Gasteiger partial charge in [-0.1, -0.05) is 62.8 Å². The number of unbranched alkanes of at least 4 members (excludes halogenated alkanes) is 2. The molecule has 0 aromatic heterocycles. The summed E-state index contributed by atoms with van der Waals surface area (Å²) in [5.74, 6) is 1.25. The molecule has 24 heavy (non-hydrogen) atoms. The maximum atomic E-state index is 11.9. The van der Waals surface area contributed by atoms with Gasteiger partial charge in [0.25, 0.3) is 5.91 Å². The normalized spacial score (nSPS) is 15.7. The molecule has 0 atom stereocenters. The molecule has 1 fully saturated rings. The third-order valence-corrected chi connectivity index (χ3v) is 4.60. The largest absolute Gasteiger partial charge is 0.490 e. The molecule has 0 spiro atoms. The Morgan fingerprint density at radius 3 is 2.50 bits per heavy atom. The van der Waals surface area contributed by atoms with Crippen LogP contribution in [-0.2, 0) is 4.79 Å². The lowest BCUT2D eigenvalue weighted by Gasteiger charge is -2.15. The van der Waals surface area contributed by atoms with Crippen LogP contribution < -0.4 is 14.8 Å². The molecule has 4 nitrogen and oxygen atoms in total. The van der Waals surface area contributed by atoms with Crippen LogP contribution in [0.5, 0.6) is 11.5 Å². The second-order valence-electron chi connectivity index (χ2n) is 5.43. The summed E-state index contributed by atoms with van der Waals surface area (Å²) in [4.78, 5) is 12.5. The molecule has 1 aromatic rings. The van der Waals surface area contributed by atoms with E-state index in [1.807, 2.05) is 24.3 Å². The number of nitrogens with one attached hydrogen (secondary N) is 1. The fraction of sp³-hybridized carbons (Fsp3) is 0.444. The molecule has 1 heterocycles. The third kappa shape index (κ3) is 5.24. The minimum absolute atomic E-state index is 0.165. The highest BCUT2D eigenvalue weighted by Crippen LogP contribution is 2.35. The summed E-state index contributed by atoms with van der Waals surface area (Å²) in [6.45, 7) is 5.52. The molecule has 0 aliphatic carbocycles. The molecule has 1 saturated heterocycles. The van der Waals surface area contributed by atoms with Crippen molar-refractivity contribution in [3.63, 3.8) is 0 Å². The zero-order valence-corrected chi connectivity index (χ0v) is 15.7. The average molecular weight is 366 g/mol. The van der Waals surface area contributed by atoms with Crippen molar-refractivity contribution in [3.05, 3.63) is 28.7 Å². The lowest BCUT2D eigenvalue weighted by atomic mass is 10.1. The highest BCUT2D eigenvalue weighted by Gasteiger charge is 2.23. The lowest BCUT2D eigenvalue weighted by Crippen LogP contribution is -2.17. The van der Waals surface area contributed by atoms with Gasteiger partial charge in [0, 0.05) is 5.56 Å². The third-order valence-electron chi connectivity index (χ3n) is 3.44. The molecule has 0 unspecified atom stereocenters. The number of thiocarbonyl (C=S) groups is 1. The first kappa shape index (κ1) is 18.8. The second kappa shape index (κ2) is 9.69. The van der Waals surface area contributed by atoms with Crippen molar-refractivity contribution in [1.29, 1.82) is 0 Å². The fourth-order valence-electron chi connectivity index (χ4n) is 2.12. The minimum atomic E-state index is -0.165. The summed E-state index contributed by atoms with van der Waals surface area (Å²) in [5.41, 5.74) is 0.836.